The van der Waals surface area contributed by atoms with Crippen molar-refractivity contribution in [3.05, 3.63) is 39.6 Å². The summed E-state index contributed by atoms with van der Waals surface area (Å²) in [5.74, 6) is -0.520. The Morgan fingerprint density at radius 3 is 2.40 bits per heavy atom. The molecule has 0 aliphatic rings. The molecule has 106 valence electrons. The zero-order valence-corrected chi connectivity index (χ0v) is 12.7. The first-order chi connectivity index (χ1) is 9.47. The number of methoxy groups -OCH3 is 1. The minimum Gasteiger partial charge on any atom is -0.464 e. The van der Waals surface area contributed by atoms with Gasteiger partial charge in [0, 0.05) is 0 Å². The van der Waals surface area contributed by atoms with Gasteiger partial charge in [0.15, 0.2) is 5.69 Å². The van der Waals surface area contributed by atoms with Crippen molar-refractivity contribution in [3.63, 3.8) is 0 Å². The monoisotopic (exact) mass is 313 g/mol. The smallest absolute Gasteiger partial charge is 0.358 e. The Hall–Kier alpha value is -1.59. The second kappa shape index (κ2) is 5.81. The van der Waals surface area contributed by atoms with E-state index in [0.717, 1.165) is 0 Å². The van der Waals surface area contributed by atoms with Crippen molar-refractivity contribution in [1.82, 2.24) is 15.0 Å². The van der Waals surface area contributed by atoms with Crippen molar-refractivity contribution in [1.29, 1.82) is 0 Å². The number of benzene rings is 1. The Labute approximate surface area is 126 Å². The first kappa shape index (κ1) is 14.8. The maximum absolute atomic E-state index is 12.0. The minimum atomic E-state index is -0.533. The van der Waals surface area contributed by atoms with Crippen molar-refractivity contribution < 1.29 is 9.53 Å². The van der Waals surface area contributed by atoms with Crippen LogP contribution in [0.4, 0.5) is 0 Å². The molecule has 0 atom stereocenters. The Morgan fingerprint density at radius 2 is 1.90 bits per heavy atom. The molecule has 1 aromatic carbocycles. The second-order valence-corrected chi connectivity index (χ2v) is 5.27. The van der Waals surface area contributed by atoms with E-state index in [4.69, 9.17) is 27.9 Å². The van der Waals surface area contributed by atoms with Gasteiger partial charge >= 0.3 is 5.97 Å². The van der Waals surface area contributed by atoms with E-state index in [2.05, 4.69) is 10.3 Å². The van der Waals surface area contributed by atoms with Gasteiger partial charge in [-0.25, -0.2) is 9.48 Å². The molecule has 20 heavy (non-hydrogen) atoms. The molecule has 1 heterocycles. The maximum atomic E-state index is 12.0. The molecule has 0 fully saturated rings. The van der Waals surface area contributed by atoms with Crippen molar-refractivity contribution in [3.8, 4) is 5.69 Å². The van der Waals surface area contributed by atoms with Crippen molar-refractivity contribution >= 4 is 29.2 Å². The Morgan fingerprint density at radius 1 is 1.30 bits per heavy atom. The number of rotatable bonds is 3. The maximum Gasteiger partial charge on any atom is 0.358 e. The van der Waals surface area contributed by atoms with Crippen LogP contribution in [-0.4, -0.2) is 28.1 Å². The molecule has 5 nitrogen and oxygen atoms in total. The third-order valence-electron chi connectivity index (χ3n) is 2.77. The number of nitrogens with zero attached hydrogens (tertiary/aromatic N) is 3. The van der Waals surface area contributed by atoms with E-state index in [1.54, 1.807) is 18.2 Å². The highest BCUT2D eigenvalue weighted by molar-refractivity contribution is 6.37. The average molecular weight is 314 g/mol. The molecular weight excluding hydrogens is 301 g/mol. The van der Waals surface area contributed by atoms with Gasteiger partial charge in [0.2, 0.25) is 0 Å². The number of carbonyl (C=O) groups excluding carboxylic acids is 1. The van der Waals surface area contributed by atoms with Gasteiger partial charge in [-0.2, -0.15) is 0 Å². The summed E-state index contributed by atoms with van der Waals surface area (Å²) in [6, 6.07) is 5.05. The predicted molar refractivity (Wildman–Crippen MR) is 76.8 cm³/mol. The zero-order valence-electron chi connectivity index (χ0n) is 11.2. The average Bonchev–Trinajstić information content (AvgIpc) is 2.82. The first-order valence-corrected chi connectivity index (χ1v) is 6.71. The number of hydrogen-bond acceptors (Lipinski definition) is 4. The van der Waals surface area contributed by atoms with Gasteiger partial charge in [-0.15, -0.1) is 5.10 Å². The highest BCUT2D eigenvalue weighted by Gasteiger charge is 2.26. The Kier molecular flexibility index (Phi) is 4.30. The summed E-state index contributed by atoms with van der Waals surface area (Å²) in [4.78, 5) is 12.0. The van der Waals surface area contributed by atoms with Gasteiger partial charge < -0.3 is 4.74 Å². The Balaban J connectivity index is 2.72. The lowest BCUT2D eigenvalue weighted by atomic mass is 10.1. The van der Waals surface area contributed by atoms with Gasteiger partial charge in [0.25, 0.3) is 0 Å². The lowest BCUT2D eigenvalue weighted by molar-refractivity contribution is 0.0588. The summed E-state index contributed by atoms with van der Waals surface area (Å²) in [7, 11) is 1.30. The number of halogens is 2. The summed E-state index contributed by atoms with van der Waals surface area (Å²) in [6.45, 7) is 3.82. The van der Waals surface area contributed by atoms with Crippen LogP contribution >= 0.6 is 23.2 Å². The summed E-state index contributed by atoms with van der Waals surface area (Å²) in [5, 5.41) is 8.79. The molecule has 0 N–H and O–H groups in total. The molecule has 0 saturated heterocycles. The van der Waals surface area contributed by atoms with Crippen LogP contribution in [-0.2, 0) is 4.74 Å². The molecule has 0 bridgehead atoms. The highest BCUT2D eigenvalue weighted by atomic mass is 35.5. The van der Waals surface area contributed by atoms with Crippen molar-refractivity contribution in [2.45, 2.75) is 19.8 Å². The van der Waals surface area contributed by atoms with Crippen LogP contribution in [0.1, 0.15) is 35.9 Å². The van der Waals surface area contributed by atoms with Gasteiger partial charge in [-0.1, -0.05) is 48.3 Å². The van der Waals surface area contributed by atoms with Crippen LogP contribution in [0.3, 0.4) is 0 Å². The fourth-order valence-electron chi connectivity index (χ4n) is 1.82. The van der Waals surface area contributed by atoms with Crippen LogP contribution in [0, 0.1) is 0 Å². The number of esters is 1. The van der Waals surface area contributed by atoms with Gasteiger partial charge in [-0.05, 0) is 18.1 Å². The second-order valence-electron chi connectivity index (χ2n) is 4.45. The fourth-order valence-corrected chi connectivity index (χ4v) is 2.38. The number of ether oxygens (including phenoxy) is 1. The normalized spacial score (nSPS) is 10.9. The molecule has 1 aromatic heterocycles. The molecule has 2 rings (SSSR count). The topological polar surface area (TPSA) is 57.0 Å². The lowest BCUT2D eigenvalue weighted by Crippen LogP contribution is -2.13. The zero-order chi connectivity index (χ0) is 14.9. The Bertz CT molecular complexity index is 633. The SMILES string of the molecule is COC(=O)c1c(C(C)C)nnn1-c1c(Cl)cccc1Cl. The summed E-state index contributed by atoms with van der Waals surface area (Å²) in [5.41, 5.74) is 1.18. The molecule has 0 spiro atoms. The molecule has 0 saturated carbocycles. The number of hydrogen-bond donors (Lipinski definition) is 0. The summed E-state index contributed by atoms with van der Waals surface area (Å²) >= 11 is 12.3. The molecule has 0 aliphatic carbocycles. The third kappa shape index (κ3) is 2.51. The summed E-state index contributed by atoms with van der Waals surface area (Å²) < 4.78 is 6.13. The fraction of sp³-hybridized carbons (Fsp3) is 0.308. The van der Waals surface area contributed by atoms with E-state index < -0.39 is 5.97 Å². The van der Waals surface area contributed by atoms with Crippen LogP contribution in [0.2, 0.25) is 10.0 Å². The van der Waals surface area contributed by atoms with E-state index >= 15 is 0 Å². The molecule has 0 unspecified atom stereocenters. The van der Waals surface area contributed by atoms with Gasteiger partial charge in [-0.3, -0.25) is 0 Å². The molecule has 0 radical (unpaired) electrons. The standard InChI is InChI=1S/C13H13Cl2N3O2/c1-7(2)10-12(13(19)20-3)18(17-16-10)11-8(14)5-4-6-9(11)15/h4-7H,1-3H3. The largest absolute Gasteiger partial charge is 0.464 e. The molecular formula is C13H13Cl2N3O2. The van der Waals surface area contributed by atoms with Gasteiger partial charge in [0.05, 0.1) is 17.2 Å². The van der Waals surface area contributed by atoms with E-state index in [9.17, 15) is 4.79 Å². The predicted octanol–water partition coefficient (Wildman–Crippen LogP) is 3.48. The first-order valence-electron chi connectivity index (χ1n) is 5.95. The minimum absolute atomic E-state index is 0.0131. The van der Waals surface area contributed by atoms with E-state index in [1.165, 1.54) is 11.8 Å². The van der Waals surface area contributed by atoms with Crippen LogP contribution < -0.4 is 0 Å². The lowest BCUT2D eigenvalue weighted by Gasteiger charge is -2.10. The third-order valence-corrected chi connectivity index (χ3v) is 3.38. The quantitative estimate of drug-likeness (QED) is 0.814. The highest BCUT2D eigenvalue weighted by Crippen LogP contribution is 2.30. The number of carbonyl (C=O) groups is 1. The van der Waals surface area contributed by atoms with E-state index in [0.29, 0.717) is 21.4 Å². The number of aromatic nitrogens is 3. The number of para-hydroxylation sites is 1. The van der Waals surface area contributed by atoms with E-state index in [1.807, 2.05) is 13.8 Å². The van der Waals surface area contributed by atoms with Crippen LogP contribution in [0.5, 0.6) is 0 Å². The van der Waals surface area contributed by atoms with Crippen molar-refractivity contribution in [2.75, 3.05) is 7.11 Å². The molecule has 0 amide bonds. The summed E-state index contributed by atoms with van der Waals surface area (Å²) in [6.07, 6.45) is 0. The van der Waals surface area contributed by atoms with Crippen LogP contribution in [0.15, 0.2) is 18.2 Å². The van der Waals surface area contributed by atoms with Crippen molar-refractivity contribution in [2.24, 2.45) is 0 Å². The van der Waals surface area contributed by atoms with Gasteiger partial charge in [0.1, 0.15) is 11.4 Å². The molecule has 7 heteroatoms. The van der Waals surface area contributed by atoms with Crippen LogP contribution in [0.25, 0.3) is 5.69 Å². The molecule has 2 aromatic rings. The molecule has 0 aliphatic heterocycles. The van der Waals surface area contributed by atoms with E-state index in [-0.39, 0.29) is 11.6 Å².